The van der Waals surface area contributed by atoms with Crippen molar-refractivity contribution in [3.63, 3.8) is 0 Å². The third kappa shape index (κ3) is 3.64. The van der Waals surface area contributed by atoms with Crippen LogP contribution >= 0.6 is 11.6 Å². The van der Waals surface area contributed by atoms with Crippen molar-refractivity contribution in [1.82, 2.24) is 9.97 Å². The van der Waals surface area contributed by atoms with E-state index in [1.807, 2.05) is 0 Å². The molecule has 0 aliphatic heterocycles. The molecule has 0 amide bonds. The van der Waals surface area contributed by atoms with Gasteiger partial charge in [-0.3, -0.25) is 0 Å². The van der Waals surface area contributed by atoms with Gasteiger partial charge >= 0.3 is 6.18 Å². The van der Waals surface area contributed by atoms with Crippen LogP contribution in [-0.2, 0) is 6.18 Å². The molecule has 1 aromatic carbocycles. The lowest BCUT2D eigenvalue weighted by molar-refractivity contribution is -0.136. The molecule has 0 saturated heterocycles. The summed E-state index contributed by atoms with van der Waals surface area (Å²) in [5.41, 5.74) is 6.53. The molecule has 112 valence electrons. The van der Waals surface area contributed by atoms with Crippen molar-refractivity contribution >= 4 is 34.9 Å². The van der Waals surface area contributed by atoms with Crippen LogP contribution in [-0.4, -0.2) is 9.97 Å². The molecular formula is C11H10ClF3N6. The average molecular weight is 319 g/mol. The molecule has 0 radical (unpaired) electrons. The zero-order valence-electron chi connectivity index (χ0n) is 10.4. The van der Waals surface area contributed by atoms with Crippen LogP contribution in [0.1, 0.15) is 5.56 Å². The van der Waals surface area contributed by atoms with E-state index in [2.05, 4.69) is 20.7 Å². The van der Waals surface area contributed by atoms with Gasteiger partial charge in [0.25, 0.3) is 0 Å². The van der Waals surface area contributed by atoms with Crippen LogP contribution in [0.15, 0.2) is 24.3 Å². The van der Waals surface area contributed by atoms with Gasteiger partial charge < -0.3 is 16.5 Å². The molecule has 0 fully saturated rings. The second kappa shape index (κ2) is 5.62. The Hall–Kier alpha value is -2.26. The highest BCUT2D eigenvalue weighted by atomic mass is 35.5. The normalized spacial score (nSPS) is 11.3. The third-order valence-corrected chi connectivity index (χ3v) is 2.68. The number of hydrogen-bond donors (Lipinski definition) is 4. The van der Waals surface area contributed by atoms with Gasteiger partial charge in [-0.1, -0.05) is 11.6 Å². The summed E-state index contributed by atoms with van der Waals surface area (Å²) in [6.45, 7) is 0. The molecule has 0 spiro atoms. The van der Waals surface area contributed by atoms with Crippen molar-refractivity contribution in [3.05, 3.63) is 34.9 Å². The molecular weight excluding hydrogens is 309 g/mol. The van der Waals surface area contributed by atoms with Gasteiger partial charge in [0.05, 0.1) is 11.3 Å². The summed E-state index contributed by atoms with van der Waals surface area (Å²) >= 11 is 5.60. The molecule has 0 saturated carbocycles. The quantitative estimate of drug-likeness (QED) is 0.513. The summed E-state index contributed by atoms with van der Waals surface area (Å²) in [4.78, 5) is 7.51. The number of halogens is 4. The predicted molar refractivity (Wildman–Crippen MR) is 74.0 cm³/mol. The number of hydrazine groups is 1. The van der Waals surface area contributed by atoms with E-state index in [0.29, 0.717) is 0 Å². The fourth-order valence-electron chi connectivity index (χ4n) is 1.60. The Morgan fingerprint density at radius 1 is 1.10 bits per heavy atom. The Balaban J connectivity index is 2.42. The lowest BCUT2D eigenvalue weighted by Gasteiger charge is -2.15. The standard InChI is InChI=1S/C11H10ClF3N6/c12-5-1-2-7(6(3-5)11(13,14)15)18-8-4-9(21-17)20-10(16)19-8/h1-4H,17H2,(H4,16,18,19,20,21). The SMILES string of the molecule is NNc1cc(Nc2ccc(Cl)cc2C(F)(F)F)nc(N)n1. The topological polar surface area (TPSA) is 102 Å². The lowest BCUT2D eigenvalue weighted by Crippen LogP contribution is -2.12. The third-order valence-electron chi connectivity index (χ3n) is 2.44. The van der Waals surface area contributed by atoms with Gasteiger partial charge in [-0.15, -0.1) is 0 Å². The molecule has 0 aliphatic rings. The van der Waals surface area contributed by atoms with E-state index in [1.165, 1.54) is 18.2 Å². The Morgan fingerprint density at radius 2 is 1.76 bits per heavy atom. The molecule has 1 heterocycles. The van der Waals surface area contributed by atoms with Crippen molar-refractivity contribution in [2.45, 2.75) is 6.18 Å². The number of benzene rings is 1. The summed E-state index contributed by atoms with van der Waals surface area (Å²) in [6.07, 6.45) is -4.57. The molecule has 6 N–H and O–H groups in total. The molecule has 2 rings (SSSR count). The molecule has 0 unspecified atom stereocenters. The van der Waals surface area contributed by atoms with Crippen molar-refractivity contribution in [3.8, 4) is 0 Å². The summed E-state index contributed by atoms with van der Waals surface area (Å²) in [6, 6.07) is 4.65. The number of anilines is 4. The molecule has 0 aliphatic carbocycles. The monoisotopic (exact) mass is 318 g/mol. The van der Waals surface area contributed by atoms with Gasteiger partial charge in [-0.05, 0) is 18.2 Å². The Kier molecular flexibility index (Phi) is 4.05. The molecule has 2 aromatic rings. The number of nitrogens with one attached hydrogen (secondary N) is 2. The smallest absolute Gasteiger partial charge is 0.368 e. The van der Waals surface area contributed by atoms with Crippen molar-refractivity contribution in [2.75, 3.05) is 16.5 Å². The van der Waals surface area contributed by atoms with E-state index in [-0.39, 0.29) is 28.3 Å². The number of nitrogens with two attached hydrogens (primary N) is 2. The first-order valence-corrected chi connectivity index (χ1v) is 5.92. The summed E-state index contributed by atoms with van der Waals surface area (Å²) in [5.74, 6) is 5.25. The second-order valence-corrected chi connectivity index (χ2v) is 4.39. The highest BCUT2D eigenvalue weighted by molar-refractivity contribution is 6.30. The number of nitrogen functional groups attached to an aromatic ring is 2. The summed E-state index contributed by atoms with van der Waals surface area (Å²) < 4.78 is 38.9. The number of hydrogen-bond acceptors (Lipinski definition) is 6. The molecule has 0 bridgehead atoms. The van der Waals surface area contributed by atoms with Crippen LogP contribution in [0.2, 0.25) is 5.02 Å². The highest BCUT2D eigenvalue weighted by Crippen LogP contribution is 2.37. The van der Waals surface area contributed by atoms with Crippen molar-refractivity contribution in [1.29, 1.82) is 0 Å². The van der Waals surface area contributed by atoms with E-state index in [9.17, 15) is 13.2 Å². The van der Waals surface area contributed by atoms with Crippen LogP contribution in [0.5, 0.6) is 0 Å². The maximum Gasteiger partial charge on any atom is 0.418 e. The van der Waals surface area contributed by atoms with E-state index in [4.69, 9.17) is 23.2 Å². The van der Waals surface area contributed by atoms with Crippen molar-refractivity contribution in [2.24, 2.45) is 5.84 Å². The zero-order chi connectivity index (χ0) is 15.6. The predicted octanol–water partition coefficient (Wildman–Crippen LogP) is 2.76. The highest BCUT2D eigenvalue weighted by Gasteiger charge is 2.34. The van der Waals surface area contributed by atoms with Gasteiger partial charge in [-0.25, -0.2) is 5.84 Å². The fraction of sp³-hybridized carbons (Fsp3) is 0.0909. The molecule has 1 aromatic heterocycles. The first-order chi connectivity index (χ1) is 9.79. The van der Waals surface area contributed by atoms with Crippen LogP contribution in [0.3, 0.4) is 0 Å². The minimum absolute atomic E-state index is 0.0283. The van der Waals surface area contributed by atoms with Gasteiger partial charge in [0.15, 0.2) is 0 Å². The van der Waals surface area contributed by atoms with Gasteiger partial charge in [0, 0.05) is 11.1 Å². The second-order valence-electron chi connectivity index (χ2n) is 3.95. The Morgan fingerprint density at radius 3 is 2.38 bits per heavy atom. The van der Waals surface area contributed by atoms with Crippen LogP contribution in [0.4, 0.5) is 36.4 Å². The van der Waals surface area contributed by atoms with Gasteiger partial charge in [-0.2, -0.15) is 23.1 Å². The first kappa shape index (κ1) is 15.1. The Labute approximate surface area is 122 Å². The number of aromatic nitrogens is 2. The summed E-state index contributed by atoms with van der Waals surface area (Å²) in [5, 5.41) is 2.49. The van der Waals surface area contributed by atoms with Crippen LogP contribution in [0, 0.1) is 0 Å². The molecule has 0 atom stereocenters. The molecule has 6 nitrogen and oxygen atoms in total. The fourth-order valence-corrected chi connectivity index (χ4v) is 1.77. The largest absolute Gasteiger partial charge is 0.418 e. The van der Waals surface area contributed by atoms with Crippen molar-refractivity contribution < 1.29 is 13.2 Å². The maximum absolute atomic E-state index is 13.0. The lowest BCUT2D eigenvalue weighted by atomic mass is 10.1. The van der Waals surface area contributed by atoms with E-state index in [1.54, 1.807) is 0 Å². The maximum atomic E-state index is 13.0. The van der Waals surface area contributed by atoms with E-state index in [0.717, 1.165) is 6.07 Å². The van der Waals surface area contributed by atoms with Gasteiger partial charge in [0.1, 0.15) is 11.6 Å². The Bertz CT molecular complexity index is 661. The van der Waals surface area contributed by atoms with E-state index < -0.39 is 11.7 Å². The van der Waals surface area contributed by atoms with Gasteiger partial charge in [0.2, 0.25) is 5.95 Å². The number of rotatable bonds is 3. The zero-order valence-corrected chi connectivity index (χ0v) is 11.1. The molecule has 10 heteroatoms. The van der Waals surface area contributed by atoms with E-state index >= 15 is 0 Å². The minimum Gasteiger partial charge on any atom is -0.368 e. The van der Waals surface area contributed by atoms with Crippen LogP contribution < -0.4 is 22.3 Å². The minimum atomic E-state index is -4.57. The number of nitrogens with zero attached hydrogens (tertiary/aromatic N) is 2. The molecule has 21 heavy (non-hydrogen) atoms. The summed E-state index contributed by atoms with van der Waals surface area (Å²) in [7, 11) is 0. The number of alkyl halides is 3. The van der Waals surface area contributed by atoms with Crippen LogP contribution in [0.25, 0.3) is 0 Å². The first-order valence-electron chi connectivity index (χ1n) is 5.54. The average Bonchev–Trinajstić information content (AvgIpc) is 2.39.